The smallest absolute Gasteiger partial charge is 0.171 e. The maximum absolute atomic E-state index is 14.9. The van der Waals surface area contributed by atoms with E-state index in [1.165, 1.54) is 36.9 Å². The lowest BCUT2D eigenvalue weighted by Crippen LogP contribution is -2.24. The fourth-order valence-electron chi connectivity index (χ4n) is 7.86. The van der Waals surface area contributed by atoms with Gasteiger partial charge in [0.25, 0.3) is 0 Å². The van der Waals surface area contributed by atoms with Crippen LogP contribution in [0.2, 0.25) is 0 Å². The van der Waals surface area contributed by atoms with E-state index >= 15 is 0 Å². The fraction of sp³-hybridized carbons (Fsp3) is 0. The molecule has 0 aliphatic heterocycles. The molecule has 0 N–H and O–H groups in total. The van der Waals surface area contributed by atoms with Crippen molar-refractivity contribution in [3.63, 3.8) is 0 Å². The van der Waals surface area contributed by atoms with E-state index in [1.54, 1.807) is 0 Å². The van der Waals surface area contributed by atoms with Gasteiger partial charge in [-0.05, 0) is 45.5 Å². The third-order valence-corrected chi connectivity index (χ3v) is 14.8. The molecule has 2 aromatic heterocycles. The van der Waals surface area contributed by atoms with Crippen molar-refractivity contribution in [1.82, 2.24) is 4.98 Å². The van der Waals surface area contributed by atoms with Gasteiger partial charge in [0.1, 0.15) is 0 Å². The second-order valence-electron chi connectivity index (χ2n) is 13.8. The Kier molecular flexibility index (Phi) is 8.33. The van der Waals surface area contributed by atoms with Crippen LogP contribution in [0.4, 0.5) is 0 Å². The average Bonchev–Trinajstić information content (AvgIpc) is 3.67. The first-order valence-corrected chi connectivity index (χ1v) is 21.0. The predicted octanol–water partition coefficient (Wildman–Crippen LogP) is 12.9. The number of fused-ring (bicyclic) bond motifs is 5. The molecule has 260 valence electrons. The van der Waals surface area contributed by atoms with E-state index < -0.39 is 7.14 Å². The molecule has 8 aromatic carbocycles. The van der Waals surface area contributed by atoms with Gasteiger partial charge < -0.3 is 4.57 Å². The summed E-state index contributed by atoms with van der Waals surface area (Å²) in [6, 6.07) is 71.3. The van der Waals surface area contributed by atoms with Crippen molar-refractivity contribution >= 4 is 65.5 Å². The van der Waals surface area contributed by atoms with Gasteiger partial charge in [-0.2, -0.15) is 0 Å². The Bertz CT molecular complexity index is 2990. The molecule has 2 nitrogen and oxygen atoms in total. The molecule has 0 aliphatic carbocycles. The number of hydrogen-bond acceptors (Lipinski definition) is 3. The molecule has 0 spiro atoms. The van der Waals surface area contributed by atoms with E-state index in [0.717, 1.165) is 54.8 Å². The van der Waals surface area contributed by atoms with Crippen LogP contribution in [0.15, 0.2) is 206 Å². The average molecular weight is 740 g/mol. The molecule has 0 bridgehead atoms. The number of benzene rings is 8. The fourth-order valence-corrected chi connectivity index (χ4v) is 11.7. The minimum atomic E-state index is -3.04. The normalized spacial score (nSPS) is 11.7. The molecule has 0 radical (unpaired) electrons. The quantitative estimate of drug-likeness (QED) is 0.152. The van der Waals surface area contributed by atoms with E-state index in [-0.39, 0.29) is 0 Å². The number of aromatic nitrogens is 1. The predicted molar refractivity (Wildman–Crippen MR) is 236 cm³/mol. The number of nitrogens with zero attached hydrogens (tertiary/aromatic N) is 1. The molecule has 10 aromatic rings. The van der Waals surface area contributed by atoms with Gasteiger partial charge in [0, 0.05) is 42.3 Å². The first-order valence-electron chi connectivity index (χ1n) is 18.5. The van der Waals surface area contributed by atoms with Gasteiger partial charge in [-0.15, -0.1) is 11.3 Å². The van der Waals surface area contributed by atoms with Gasteiger partial charge in [-0.3, -0.25) is 0 Å². The molecule has 10 rings (SSSR count). The summed E-state index contributed by atoms with van der Waals surface area (Å²) in [6.07, 6.45) is 0. The number of hydrogen-bond donors (Lipinski definition) is 0. The highest BCUT2D eigenvalue weighted by Crippen LogP contribution is 2.45. The summed E-state index contributed by atoms with van der Waals surface area (Å²) in [5.41, 5.74) is 9.95. The maximum atomic E-state index is 14.9. The zero-order valence-electron chi connectivity index (χ0n) is 29.8. The van der Waals surface area contributed by atoms with Crippen molar-refractivity contribution in [2.75, 3.05) is 0 Å². The van der Waals surface area contributed by atoms with Crippen molar-refractivity contribution in [1.29, 1.82) is 0 Å². The van der Waals surface area contributed by atoms with Gasteiger partial charge in [0.05, 0.1) is 15.9 Å². The van der Waals surface area contributed by atoms with Crippen molar-refractivity contribution in [3.05, 3.63) is 206 Å². The molecule has 0 aliphatic rings. The molecule has 2 heterocycles. The Morgan fingerprint density at radius 3 is 1.55 bits per heavy atom. The summed E-state index contributed by atoms with van der Waals surface area (Å²) >= 11 is 1.81. The van der Waals surface area contributed by atoms with Gasteiger partial charge in [0.15, 0.2) is 7.14 Å². The molecular formula is C51H34NOPS. The third-order valence-electron chi connectivity index (χ3n) is 10.6. The Hall–Kier alpha value is -6.38. The van der Waals surface area contributed by atoms with Crippen LogP contribution >= 0.6 is 18.5 Å². The first kappa shape index (κ1) is 33.2. The third kappa shape index (κ3) is 5.81. The van der Waals surface area contributed by atoms with Gasteiger partial charge >= 0.3 is 0 Å². The summed E-state index contributed by atoms with van der Waals surface area (Å²) in [4.78, 5) is 5.44. The van der Waals surface area contributed by atoms with Crippen molar-refractivity contribution in [2.45, 2.75) is 0 Å². The van der Waals surface area contributed by atoms with Crippen LogP contribution < -0.4 is 15.9 Å². The summed E-state index contributed by atoms with van der Waals surface area (Å²) < 4.78 is 17.4. The second kappa shape index (κ2) is 13.8. The van der Waals surface area contributed by atoms with Crippen LogP contribution in [0.25, 0.3) is 75.7 Å². The number of thiophene rings is 1. The molecule has 4 heteroatoms. The summed E-state index contributed by atoms with van der Waals surface area (Å²) in [5, 5.41) is 6.17. The lowest BCUT2D eigenvalue weighted by molar-refractivity contribution is 0.592. The molecule has 0 amide bonds. The van der Waals surface area contributed by atoms with Crippen LogP contribution in [0, 0.1) is 0 Å². The Morgan fingerprint density at radius 1 is 0.400 bits per heavy atom. The topological polar surface area (TPSA) is 30.0 Å². The number of pyridine rings is 1. The van der Waals surface area contributed by atoms with E-state index in [9.17, 15) is 4.57 Å². The lowest BCUT2D eigenvalue weighted by atomic mass is 9.93. The molecule has 55 heavy (non-hydrogen) atoms. The zero-order chi connectivity index (χ0) is 36.8. The van der Waals surface area contributed by atoms with Crippen LogP contribution in [0.5, 0.6) is 0 Å². The SMILES string of the molecule is O=P(c1ccccc1)(c1ccccc1)c1ccc(-c2ccc(-c3nc4cc(-c5ccccc5-c5ccccc5)ccc4c4c3sc3ccccc34)cc2)cc1. The van der Waals surface area contributed by atoms with Crippen LogP contribution in [-0.4, -0.2) is 4.98 Å². The van der Waals surface area contributed by atoms with Gasteiger partial charge in [0.2, 0.25) is 0 Å². The molecule has 0 atom stereocenters. The minimum Gasteiger partial charge on any atom is -0.309 e. The monoisotopic (exact) mass is 739 g/mol. The largest absolute Gasteiger partial charge is 0.309 e. The maximum Gasteiger partial charge on any atom is 0.171 e. The molecule has 0 unspecified atom stereocenters. The first-order chi connectivity index (χ1) is 27.1. The Balaban J connectivity index is 1.06. The van der Waals surface area contributed by atoms with Crippen molar-refractivity contribution in [3.8, 4) is 44.6 Å². The Labute approximate surface area is 324 Å². The second-order valence-corrected chi connectivity index (χ2v) is 17.6. The number of rotatable bonds is 7. The lowest BCUT2D eigenvalue weighted by Gasteiger charge is -2.20. The van der Waals surface area contributed by atoms with Gasteiger partial charge in [-0.1, -0.05) is 194 Å². The van der Waals surface area contributed by atoms with Crippen molar-refractivity contribution < 1.29 is 4.57 Å². The highest BCUT2D eigenvalue weighted by Gasteiger charge is 2.29. The van der Waals surface area contributed by atoms with Crippen LogP contribution in [0.1, 0.15) is 0 Å². The minimum absolute atomic E-state index is 0.823. The Morgan fingerprint density at radius 2 is 0.891 bits per heavy atom. The zero-order valence-corrected chi connectivity index (χ0v) is 31.6. The molecular weight excluding hydrogens is 706 g/mol. The van der Waals surface area contributed by atoms with Crippen LogP contribution in [0.3, 0.4) is 0 Å². The molecule has 0 saturated carbocycles. The molecule has 0 fully saturated rings. The van der Waals surface area contributed by atoms with Gasteiger partial charge in [-0.25, -0.2) is 4.98 Å². The summed E-state index contributed by atoms with van der Waals surface area (Å²) in [7, 11) is -3.04. The molecule has 0 saturated heterocycles. The standard InChI is InChI=1S/C51H34NOPS/c53-54(40-16-6-2-7-17-40,41-18-8-3-9-19-41)42-31-28-36(29-32-42)35-24-26-38(27-25-35)50-51-49(46-22-12-13-23-48(46)55-51)45-33-30-39(34-47(45)52-50)44-21-11-10-20-43(44)37-14-4-1-5-15-37/h1-34H. The summed E-state index contributed by atoms with van der Waals surface area (Å²) in [5.74, 6) is 0. The van der Waals surface area contributed by atoms with E-state index in [0.29, 0.717) is 0 Å². The highest BCUT2D eigenvalue weighted by molar-refractivity contribution is 7.85. The van der Waals surface area contributed by atoms with Crippen molar-refractivity contribution in [2.24, 2.45) is 0 Å². The van der Waals surface area contributed by atoms with E-state index in [2.05, 4.69) is 133 Å². The highest BCUT2D eigenvalue weighted by atomic mass is 32.1. The van der Waals surface area contributed by atoms with E-state index in [1.807, 2.05) is 84.1 Å². The van der Waals surface area contributed by atoms with Crippen LogP contribution in [-0.2, 0) is 4.57 Å². The summed E-state index contributed by atoms with van der Waals surface area (Å²) in [6.45, 7) is 0. The van der Waals surface area contributed by atoms with E-state index in [4.69, 9.17) is 4.98 Å².